The maximum atomic E-state index is 14.8. The van der Waals surface area contributed by atoms with Gasteiger partial charge in [0.05, 0.1) is 6.54 Å². The highest BCUT2D eigenvalue weighted by Crippen LogP contribution is 2.33. The molecule has 122 valence electrons. The Morgan fingerprint density at radius 2 is 1.78 bits per heavy atom. The van der Waals surface area contributed by atoms with Crippen LogP contribution in [-0.2, 0) is 5.67 Å². The quantitative estimate of drug-likeness (QED) is 0.825. The molecule has 0 radical (unpaired) electrons. The lowest BCUT2D eigenvalue weighted by Crippen LogP contribution is -2.36. The van der Waals surface area contributed by atoms with E-state index in [0.29, 0.717) is 5.02 Å². The Balaban J connectivity index is 2.17. The maximum absolute atomic E-state index is 14.8. The van der Waals surface area contributed by atoms with E-state index in [0.717, 1.165) is 18.2 Å². The minimum atomic E-state index is -2.04. The van der Waals surface area contributed by atoms with Gasteiger partial charge in [0.25, 0.3) is 5.91 Å². The monoisotopic (exact) mass is 361 g/mol. The normalized spacial score (nSPS) is 13.5. The fourth-order valence-electron chi connectivity index (χ4n) is 2.06. The molecule has 0 heterocycles. The van der Waals surface area contributed by atoms with Crippen molar-refractivity contribution in [3.8, 4) is 0 Å². The molecule has 1 N–H and O–H groups in total. The van der Waals surface area contributed by atoms with Gasteiger partial charge in [0, 0.05) is 15.6 Å². The van der Waals surface area contributed by atoms with E-state index in [-0.39, 0.29) is 10.6 Å². The largest absolute Gasteiger partial charge is 0.348 e. The average molecular weight is 362 g/mol. The minimum absolute atomic E-state index is 0.0915. The molecule has 0 fully saturated rings. The molecule has 23 heavy (non-hydrogen) atoms. The van der Waals surface area contributed by atoms with Crippen molar-refractivity contribution in [3.05, 3.63) is 69.2 Å². The van der Waals surface area contributed by atoms with Gasteiger partial charge in [0.15, 0.2) is 5.67 Å². The Kier molecular flexibility index (Phi) is 5.22. The standard InChI is InChI=1S/C16H12Cl2F3NO/c1-16(21,10-6-5-9(17)7-11(10)18)8-22-15(23)14-12(19)3-2-4-13(14)20/h2-7H,8H2,1H3,(H,22,23)/t16-/m0/s1. The lowest BCUT2D eigenvalue weighted by atomic mass is 9.97. The number of amides is 1. The molecule has 1 atom stereocenters. The van der Waals surface area contributed by atoms with Gasteiger partial charge in [-0.1, -0.05) is 35.3 Å². The maximum Gasteiger partial charge on any atom is 0.257 e. The first-order valence-corrected chi connectivity index (χ1v) is 7.34. The molecular weight excluding hydrogens is 350 g/mol. The third-order valence-electron chi connectivity index (χ3n) is 3.26. The second kappa shape index (κ2) is 6.81. The van der Waals surface area contributed by atoms with Crippen molar-refractivity contribution in [1.29, 1.82) is 0 Å². The van der Waals surface area contributed by atoms with Gasteiger partial charge >= 0.3 is 0 Å². The summed E-state index contributed by atoms with van der Waals surface area (Å²) in [7, 11) is 0. The van der Waals surface area contributed by atoms with Gasteiger partial charge in [0.2, 0.25) is 0 Å². The van der Waals surface area contributed by atoms with Crippen LogP contribution in [0, 0.1) is 11.6 Å². The van der Waals surface area contributed by atoms with Crippen LogP contribution in [0.15, 0.2) is 36.4 Å². The molecule has 0 spiro atoms. The Morgan fingerprint density at radius 3 is 2.35 bits per heavy atom. The lowest BCUT2D eigenvalue weighted by Gasteiger charge is -2.23. The summed E-state index contributed by atoms with van der Waals surface area (Å²) < 4.78 is 41.8. The van der Waals surface area contributed by atoms with Crippen LogP contribution in [0.2, 0.25) is 10.0 Å². The molecule has 2 rings (SSSR count). The summed E-state index contributed by atoms with van der Waals surface area (Å²) in [5, 5.41) is 2.61. The summed E-state index contributed by atoms with van der Waals surface area (Å²) >= 11 is 11.7. The number of hydrogen-bond donors (Lipinski definition) is 1. The highest BCUT2D eigenvalue weighted by molar-refractivity contribution is 6.35. The first kappa shape index (κ1) is 17.6. The topological polar surface area (TPSA) is 29.1 Å². The van der Waals surface area contributed by atoms with Gasteiger partial charge in [-0.15, -0.1) is 0 Å². The van der Waals surface area contributed by atoms with Crippen molar-refractivity contribution < 1.29 is 18.0 Å². The van der Waals surface area contributed by atoms with Crippen LogP contribution in [0.3, 0.4) is 0 Å². The highest BCUT2D eigenvalue weighted by atomic mass is 35.5. The number of hydrogen-bond acceptors (Lipinski definition) is 1. The van der Waals surface area contributed by atoms with Gasteiger partial charge in [-0.25, -0.2) is 13.2 Å². The molecule has 0 aliphatic rings. The summed E-state index contributed by atoms with van der Waals surface area (Å²) in [6.07, 6.45) is 0. The van der Waals surface area contributed by atoms with Gasteiger partial charge in [-0.05, 0) is 31.2 Å². The summed E-state index contributed by atoms with van der Waals surface area (Å²) in [6.45, 7) is 0.682. The van der Waals surface area contributed by atoms with Gasteiger partial charge in [-0.3, -0.25) is 4.79 Å². The molecule has 0 aliphatic heterocycles. The highest BCUT2D eigenvalue weighted by Gasteiger charge is 2.30. The SMILES string of the molecule is C[C@](F)(CNC(=O)c1c(F)cccc1F)c1ccc(Cl)cc1Cl. The lowest BCUT2D eigenvalue weighted by molar-refractivity contribution is 0.0902. The van der Waals surface area contributed by atoms with Crippen LogP contribution in [-0.4, -0.2) is 12.5 Å². The zero-order chi connectivity index (χ0) is 17.2. The molecular formula is C16H12Cl2F3NO. The van der Waals surface area contributed by atoms with Crippen molar-refractivity contribution in [3.63, 3.8) is 0 Å². The fraction of sp³-hybridized carbons (Fsp3) is 0.188. The molecule has 2 aromatic carbocycles. The van der Waals surface area contributed by atoms with Crippen molar-refractivity contribution in [1.82, 2.24) is 5.32 Å². The van der Waals surface area contributed by atoms with E-state index >= 15 is 0 Å². The van der Waals surface area contributed by atoms with E-state index in [2.05, 4.69) is 5.32 Å². The minimum Gasteiger partial charge on any atom is -0.348 e. The Hall–Kier alpha value is -1.72. The number of carbonyl (C=O) groups excluding carboxylic acids is 1. The van der Waals surface area contributed by atoms with E-state index in [1.165, 1.54) is 25.1 Å². The van der Waals surface area contributed by atoms with Gasteiger partial charge < -0.3 is 5.32 Å². The third kappa shape index (κ3) is 3.98. The van der Waals surface area contributed by atoms with Crippen LogP contribution in [0.1, 0.15) is 22.8 Å². The smallest absolute Gasteiger partial charge is 0.257 e. The summed E-state index contributed by atoms with van der Waals surface area (Å²) in [4.78, 5) is 11.9. The van der Waals surface area contributed by atoms with E-state index in [9.17, 15) is 18.0 Å². The second-order valence-corrected chi connectivity index (χ2v) is 5.94. The molecule has 2 aromatic rings. The first-order valence-electron chi connectivity index (χ1n) is 6.59. The van der Waals surface area contributed by atoms with Crippen LogP contribution in [0.5, 0.6) is 0 Å². The molecule has 0 saturated carbocycles. The Morgan fingerprint density at radius 1 is 1.17 bits per heavy atom. The zero-order valence-corrected chi connectivity index (χ0v) is 13.5. The molecule has 2 nitrogen and oxygen atoms in total. The van der Waals surface area contributed by atoms with Crippen LogP contribution < -0.4 is 5.32 Å². The van der Waals surface area contributed by atoms with Gasteiger partial charge in [-0.2, -0.15) is 0 Å². The average Bonchev–Trinajstić information content (AvgIpc) is 2.44. The Bertz CT molecular complexity index is 730. The summed E-state index contributed by atoms with van der Waals surface area (Å²) in [5.41, 5.74) is -2.69. The zero-order valence-electron chi connectivity index (χ0n) is 12.0. The van der Waals surface area contributed by atoms with E-state index in [1.54, 1.807) is 0 Å². The van der Waals surface area contributed by atoms with E-state index in [1.807, 2.05) is 0 Å². The summed E-state index contributed by atoms with van der Waals surface area (Å²) in [6, 6.07) is 7.24. The van der Waals surface area contributed by atoms with Crippen LogP contribution in [0.25, 0.3) is 0 Å². The number of rotatable bonds is 4. The molecule has 0 bridgehead atoms. The molecule has 1 amide bonds. The first-order chi connectivity index (χ1) is 10.7. The number of halogens is 5. The fourth-order valence-corrected chi connectivity index (χ4v) is 2.66. The van der Waals surface area contributed by atoms with Crippen molar-refractivity contribution >= 4 is 29.1 Å². The van der Waals surface area contributed by atoms with Crippen LogP contribution >= 0.6 is 23.2 Å². The molecule has 0 aliphatic carbocycles. The predicted octanol–water partition coefficient (Wildman–Crippen LogP) is 4.89. The predicted molar refractivity (Wildman–Crippen MR) is 83.6 cm³/mol. The number of carbonyl (C=O) groups is 1. The number of benzene rings is 2. The van der Waals surface area contributed by atoms with E-state index < -0.39 is 35.3 Å². The van der Waals surface area contributed by atoms with Crippen molar-refractivity contribution in [2.75, 3.05) is 6.54 Å². The second-order valence-electron chi connectivity index (χ2n) is 5.10. The number of nitrogens with one attached hydrogen (secondary N) is 1. The van der Waals surface area contributed by atoms with Gasteiger partial charge in [0.1, 0.15) is 17.2 Å². The van der Waals surface area contributed by atoms with Crippen LogP contribution in [0.4, 0.5) is 13.2 Å². The van der Waals surface area contributed by atoms with E-state index in [4.69, 9.17) is 23.2 Å². The van der Waals surface area contributed by atoms with Crippen molar-refractivity contribution in [2.24, 2.45) is 0 Å². The molecule has 0 aromatic heterocycles. The number of alkyl halides is 1. The molecule has 7 heteroatoms. The third-order valence-corrected chi connectivity index (χ3v) is 3.81. The Labute approximate surface area is 141 Å². The summed E-state index contributed by atoms with van der Waals surface area (Å²) in [5.74, 6) is -3.09. The molecule has 0 unspecified atom stereocenters. The van der Waals surface area contributed by atoms with Crippen molar-refractivity contribution in [2.45, 2.75) is 12.6 Å². The molecule has 0 saturated heterocycles.